The summed E-state index contributed by atoms with van der Waals surface area (Å²) < 4.78 is 3.59. The summed E-state index contributed by atoms with van der Waals surface area (Å²) in [6.45, 7) is 1.95. The minimum Gasteiger partial charge on any atom is -0.322 e. The molecule has 7 heteroatoms. The smallest absolute Gasteiger partial charge is 0.258 e. The second-order valence-corrected chi connectivity index (χ2v) is 7.27. The lowest BCUT2D eigenvalue weighted by atomic mass is 10.3. The second-order valence-electron chi connectivity index (χ2n) is 5.90. The number of thioether (sulfide) groups is 1. The molecule has 0 N–H and O–H groups in total. The van der Waals surface area contributed by atoms with Gasteiger partial charge in [-0.05, 0) is 36.8 Å². The highest BCUT2D eigenvalue weighted by Gasteiger charge is 2.10. The van der Waals surface area contributed by atoms with Gasteiger partial charge in [-0.3, -0.25) is 9.20 Å². The summed E-state index contributed by atoms with van der Waals surface area (Å²) in [6, 6.07) is 11.1. The fraction of sp³-hybridized carbons (Fsp3) is 0.167. The Morgan fingerprint density at radius 1 is 1.16 bits per heavy atom. The molecule has 3 aromatic heterocycles. The average Bonchev–Trinajstić information content (AvgIpc) is 2.89. The Labute approximate surface area is 153 Å². The number of fused-ring (bicyclic) bond motifs is 2. The molecule has 126 valence electrons. The maximum Gasteiger partial charge on any atom is 0.258 e. The van der Waals surface area contributed by atoms with E-state index in [1.165, 1.54) is 0 Å². The zero-order chi connectivity index (χ0) is 17.6. The van der Waals surface area contributed by atoms with Gasteiger partial charge in [-0.15, -0.1) is 0 Å². The van der Waals surface area contributed by atoms with Crippen LogP contribution >= 0.6 is 23.4 Å². The van der Waals surface area contributed by atoms with Crippen LogP contribution in [0, 0.1) is 6.92 Å². The minimum atomic E-state index is -0.0684. The lowest BCUT2D eigenvalue weighted by molar-refractivity contribution is 0.814. The Balaban J connectivity index is 1.65. The first-order valence-electron chi connectivity index (χ1n) is 7.75. The molecule has 0 aliphatic carbocycles. The van der Waals surface area contributed by atoms with Crippen molar-refractivity contribution in [2.24, 2.45) is 7.05 Å². The van der Waals surface area contributed by atoms with E-state index in [1.54, 1.807) is 28.4 Å². The van der Waals surface area contributed by atoms with Gasteiger partial charge in [0.25, 0.3) is 5.56 Å². The van der Waals surface area contributed by atoms with Crippen LogP contribution in [0.25, 0.3) is 16.7 Å². The zero-order valence-electron chi connectivity index (χ0n) is 13.7. The normalized spacial score (nSPS) is 11.5. The van der Waals surface area contributed by atoms with Crippen molar-refractivity contribution in [1.29, 1.82) is 0 Å². The third-order valence-corrected chi connectivity index (χ3v) is 5.31. The van der Waals surface area contributed by atoms with Crippen LogP contribution in [0.3, 0.4) is 0 Å². The van der Waals surface area contributed by atoms with Crippen molar-refractivity contribution in [3.8, 4) is 0 Å². The lowest BCUT2D eigenvalue weighted by Gasteiger charge is -2.05. The molecular weight excluding hydrogens is 356 g/mol. The first-order chi connectivity index (χ1) is 12.0. The van der Waals surface area contributed by atoms with Crippen molar-refractivity contribution >= 4 is 40.0 Å². The van der Waals surface area contributed by atoms with Gasteiger partial charge in [-0.2, -0.15) is 0 Å². The van der Waals surface area contributed by atoms with Crippen LogP contribution in [0.15, 0.2) is 52.5 Å². The molecule has 0 aliphatic heterocycles. The molecule has 3 heterocycles. The van der Waals surface area contributed by atoms with Gasteiger partial charge in [0.2, 0.25) is 0 Å². The summed E-state index contributed by atoms with van der Waals surface area (Å²) >= 11 is 7.58. The zero-order valence-corrected chi connectivity index (χ0v) is 15.3. The molecule has 5 nitrogen and oxygen atoms in total. The van der Waals surface area contributed by atoms with Crippen LogP contribution in [0.5, 0.6) is 0 Å². The van der Waals surface area contributed by atoms with E-state index in [2.05, 4.69) is 9.97 Å². The molecule has 4 rings (SSSR count). The molecule has 1 aromatic carbocycles. The van der Waals surface area contributed by atoms with Crippen molar-refractivity contribution in [3.63, 3.8) is 0 Å². The highest BCUT2D eigenvalue weighted by atomic mass is 35.5. The van der Waals surface area contributed by atoms with Gasteiger partial charge in [-0.1, -0.05) is 29.4 Å². The number of hydrogen-bond donors (Lipinski definition) is 0. The fourth-order valence-corrected chi connectivity index (χ4v) is 3.80. The Hall–Kier alpha value is -2.31. The summed E-state index contributed by atoms with van der Waals surface area (Å²) in [5.41, 5.74) is 4.24. The fourth-order valence-electron chi connectivity index (χ4n) is 2.75. The molecule has 0 spiro atoms. The number of pyridine rings is 1. The molecule has 0 bridgehead atoms. The number of nitrogens with zero attached hydrogens (tertiary/aromatic N) is 4. The maximum atomic E-state index is 12.3. The van der Waals surface area contributed by atoms with E-state index >= 15 is 0 Å². The molecule has 0 unspecified atom stereocenters. The monoisotopic (exact) mass is 370 g/mol. The third kappa shape index (κ3) is 3.03. The van der Waals surface area contributed by atoms with E-state index in [-0.39, 0.29) is 5.56 Å². The SMILES string of the molecule is Cc1ccc2nc(CSc3nc4cc(Cl)ccc4n3C)cc(=O)n2c1. The molecule has 25 heavy (non-hydrogen) atoms. The topological polar surface area (TPSA) is 52.2 Å². The average molecular weight is 371 g/mol. The summed E-state index contributed by atoms with van der Waals surface area (Å²) in [5.74, 6) is 0.574. The molecule has 0 atom stereocenters. The molecule has 0 saturated carbocycles. The third-order valence-electron chi connectivity index (χ3n) is 4.01. The van der Waals surface area contributed by atoms with Gasteiger partial charge in [0, 0.05) is 30.1 Å². The van der Waals surface area contributed by atoms with Gasteiger partial charge < -0.3 is 4.57 Å². The van der Waals surface area contributed by atoms with Gasteiger partial charge >= 0.3 is 0 Å². The van der Waals surface area contributed by atoms with Crippen LogP contribution in [0.1, 0.15) is 11.3 Å². The van der Waals surface area contributed by atoms with Crippen LogP contribution in [-0.2, 0) is 12.8 Å². The van der Waals surface area contributed by atoms with Gasteiger partial charge in [0.1, 0.15) is 5.65 Å². The predicted molar refractivity (Wildman–Crippen MR) is 101 cm³/mol. The van der Waals surface area contributed by atoms with Gasteiger partial charge in [-0.25, -0.2) is 9.97 Å². The maximum absolute atomic E-state index is 12.3. The summed E-state index contributed by atoms with van der Waals surface area (Å²) in [5, 5.41) is 1.53. The quantitative estimate of drug-likeness (QED) is 0.514. The van der Waals surface area contributed by atoms with E-state index in [0.29, 0.717) is 16.4 Å². The first kappa shape index (κ1) is 16.2. The number of aryl methyl sites for hydroxylation is 2. The Morgan fingerprint density at radius 3 is 2.84 bits per heavy atom. The lowest BCUT2D eigenvalue weighted by Crippen LogP contribution is -2.15. The number of imidazole rings is 1. The summed E-state index contributed by atoms with van der Waals surface area (Å²) in [4.78, 5) is 21.5. The van der Waals surface area contributed by atoms with E-state index in [9.17, 15) is 4.79 Å². The molecule has 0 amide bonds. The van der Waals surface area contributed by atoms with Crippen molar-refractivity contribution in [2.45, 2.75) is 17.8 Å². The van der Waals surface area contributed by atoms with Crippen molar-refractivity contribution in [2.75, 3.05) is 0 Å². The molecule has 4 aromatic rings. The number of aromatic nitrogens is 4. The molecule has 0 radical (unpaired) electrons. The van der Waals surface area contributed by atoms with Gasteiger partial charge in [0.15, 0.2) is 5.16 Å². The van der Waals surface area contributed by atoms with Crippen LogP contribution in [0.2, 0.25) is 5.02 Å². The van der Waals surface area contributed by atoms with Crippen LogP contribution in [0.4, 0.5) is 0 Å². The predicted octanol–water partition coefficient (Wildman–Crippen LogP) is 3.84. The number of hydrogen-bond acceptors (Lipinski definition) is 4. The van der Waals surface area contributed by atoms with E-state index in [0.717, 1.165) is 27.4 Å². The summed E-state index contributed by atoms with van der Waals surface area (Å²) in [6.07, 6.45) is 1.80. The second kappa shape index (κ2) is 6.20. The highest BCUT2D eigenvalue weighted by Crippen LogP contribution is 2.26. The van der Waals surface area contributed by atoms with Crippen LogP contribution < -0.4 is 5.56 Å². The molecule has 0 fully saturated rings. The molecule has 0 aliphatic rings. The molecular formula is C18H15ClN4OS. The summed E-state index contributed by atoms with van der Waals surface area (Å²) in [7, 11) is 1.97. The minimum absolute atomic E-state index is 0.0684. The van der Waals surface area contributed by atoms with E-state index < -0.39 is 0 Å². The first-order valence-corrected chi connectivity index (χ1v) is 9.11. The van der Waals surface area contributed by atoms with Gasteiger partial charge in [0.05, 0.1) is 16.7 Å². The standard InChI is InChI=1S/C18H15ClN4OS/c1-11-3-6-16-20-13(8-17(24)23(16)9-11)10-25-18-21-14-7-12(19)4-5-15(14)22(18)2/h3-9H,10H2,1-2H3. The number of rotatable bonds is 3. The highest BCUT2D eigenvalue weighted by molar-refractivity contribution is 7.98. The van der Waals surface area contributed by atoms with Crippen molar-refractivity contribution in [1.82, 2.24) is 18.9 Å². The van der Waals surface area contributed by atoms with Crippen molar-refractivity contribution < 1.29 is 0 Å². The van der Waals surface area contributed by atoms with E-state index in [1.807, 2.05) is 48.9 Å². The van der Waals surface area contributed by atoms with E-state index in [4.69, 9.17) is 11.6 Å². The Morgan fingerprint density at radius 2 is 2.00 bits per heavy atom. The Bertz CT molecular complexity index is 1170. The number of halogens is 1. The largest absolute Gasteiger partial charge is 0.322 e. The Kier molecular flexibility index (Phi) is 4.01. The van der Waals surface area contributed by atoms with Crippen molar-refractivity contribution in [3.05, 3.63) is 69.2 Å². The van der Waals surface area contributed by atoms with Crippen LogP contribution in [-0.4, -0.2) is 18.9 Å². The molecule has 0 saturated heterocycles. The number of benzene rings is 1.